The summed E-state index contributed by atoms with van der Waals surface area (Å²) in [5.41, 5.74) is 2.51. The van der Waals surface area contributed by atoms with Gasteiger partial charge in [0.2, 0.25) is 0 Å². The second-order valence-corrected chi connectivity index (χ2v) is 5.03. The zero-order valence-corrected chi connectivity index (χ0v) is 12.7. The van der Waals surface area contributed by atoms with E-state index in [1.807, 2.05) is 19.1 Å². The summed E-state index contributed by atoms with van der Waals surface area (Å²) in [4.78, 5) is 16.2. The molecule has 0 radical (unpaired) electrons. The fourth-order valence-corrected chi connectivity index (χ4v) is 2.04. The maximum atomic E-state index is 12.0. The van der Waals surface area contributed by atoms with Gasteiger partial charge in [-0.1, -0.05) is 18.2 Å². The van der Waals surface area contributed by atoms with Crippen LogP contribution in [0.2, 0.25) is 0 Å². The van der Waals surface area contributed by atoms with Crippen molar-refractivity contribution in [3.8, 4) is 5.75 Å². The number of hydrogen-bond acceptors (Lipinski definition) is 4. The maximum Gasteiger partial charge on any atom is 0.253 e. The predicted octanol–water partition coefficient (Wildman–Crippen LogP) is 1.79. The number of carbonyl (C=O) groups excluding carboxylic acids is 1. The van der Waals surface area contributed by atoms with Crippen molar-refractivity contribution in [1.29, 1.82) is 0 Å². The van der Waals surface area contributed by atoms with E-state index in [0.717, 1.165) is 11.3 Å². The maximum absolute atomic E-state index is 12.0. The van der Waals surface area contributed by atoms with Crippen LogP contribution in [0, 0.1) is 6.92 Å². The van der Waals surface area contributed by atoms with Crippen molar-refractivity contribution in [2.45, 2.75) is 19.4 Å². The Bertz CT molecular complexity index is 626. The molecule has 0 spiro atoms. The largest absolute Gasteiger partial charge is 0.497 e. The first-order valence-corrected chi connectivity index (χ1v) is 7.11. The molecule has 5 heteroatoms. The molecule has 1 unspecified atom stereocenters. The molecule has 2 rings (SSSR count). The highest BCUT2D eigenvalue weighted by Crippen LogP contribution is 2.19. The van der Waals surface area contributed by atoms with Gasteiger partial charge in [0.05, 0.1) is 7.11 Å². The molecule has 1 atom stereocenters. The lowest BCUT2D eigenvalue weighted by Crippen LogP contribution is -2.31. The van der Waals surface area contributed by atoms with Gasteiger partial charge in [-0.15, -0.1) is 0 Å². The zero-order chi connectivity index (χ0) is 15.9. The summed E-state index contributed by atoms with van der Waals surface area (Å²) < 4.78 is 5.08. The lowest BCUT2D eigenvalue weighted by Gasteiger charge is -2.12. The molecule has 1 aromatic heterocycles. The average Bonchev–Trinajstić information content (AvgIpc) is 2.56. The molecule has 0 saturated carbocycles. The van der Waals surface area contributed by atoms with Gasteiger partial charge in [0, 0.05) is 18.4 Å². The molecule has 116 valence electrons. The Morgan fingerprint density at radius 2 is 2.18 bits per heavy atom. The number of aliphatic hydroxyl groups is 1. The third-order valence-corrected chi connectivity index (χ3v) is 3.34. The summed E-state index contributed by atoms with van der Waals surface area (Å²) in [6.45, 7) is 2.38. The molecule has 1 aromatic carbocycles. The molecule has 2 aromatic rings. The first-order chi connectivity index (χ1) is 10.6. The molecule has 22 heavy (non-hydrogen) atoms. The molecule has 2 N–H and O–H groups in total. The summed E-state index contributed by atoms with van der Waals surface area (Å²) >= 11 is 0. The van der Waals surface area contributed by atoms with Gasteiger partial charge >= 0.3 is 0 Å². The number of hydrogen-bond donors (Lipinski definition) is 2. The number of aryl methyl sites for hydroxylation is 1. The first-order valence-electron chi connectivity index (χ1n) is 7.11. The van der Waals surface area contributed by atoms with Gasteiger partial charge in [-0.05, 0) is 42.7 Å². The number of ether oxygens (including phenoxy) is 1. The number of nitrogens with zero attached hydrogens (tertiary/aromatic N) is 1. The number of nitrogens with one attached hydrogen (secondary N) is 1. The van der Waals surface area contributed by atoms with Crippen molar-refractivity contribution >= 4 is 5.91 Å². The SMILES string of the molecule is COc1cccc(C(O)C(=O)NCCc2ccc(C)nc2)c1. The van der Waals surface area contributed by atoms with Crippen LogP contribution in [-0.4, -0.2) is 29.7 Å². The van der Waals surface area contributed by atoms with Crippen LogP contribution in [0.15, 0.2) is 42.6 Å². The van der Waals surface area contributed by atoms with Crippen LogP contribution in [-0.2, 0) is 11.2 Å². The molecule has 0 aliphatic carbocycles. The number of benzene rings is 1. The number of aromatic nitrogens is 1. The number of carbonyl (C=O) groups is 1. The predicted molar refractivity (Wildman–Crippen MR) is 83.6 cm³/mol. The van der Waals surface area contributed by atoms with Crippen LogP contribution >= 0.6 is 0 Å². The number of methoxy groups -OCH3 is 1. The number of rotatable bonds is 6. The second-order valence-electron chi connectivity index (χ2n) is 5.03. The van der Waals surface area contributed by atoms with Crippen LogP contribution in [0.25, 0.3) is 0 Å². The van der Waals surface area contributed by atoms with Crippen molar-refractivity contribution < 1.29 is 14.6 Å². The van der Waals surface area contributed by atoms with Gasteiger partial charge in [0.25, 0.3) is 5.91 Å². The molecular formula is C17H20N2O3. The Morgan fingerprint density at radius 3 is 2.86 bits per heavy atom. The third kappa shape index (κ3) is 4.30. The summed E-state index contributed by atoms with van der Waals surface area (Å²) in [7, 11) is 1.54. The molecule has 0 aliphatic heterocycles. The Balaban J connectivity index is 1.87. The van der Waals surface area contributed by atoms with Crippen molar-refractivity contribution in [2.75, 3.05) is 13.7 Å². The van der Waals surface area contributed by atoms with Gasteiger partial charge in [-0.2, -0.15) is 0 Å². The van der Waals surface area contributed by atoms with Gasteiger partial charge in [0.15, 0.2) is 6.10 Å². The van der Waals surface area contributed by atoms with Crippen molar-refractivity contribution in [1.82, 2.24) is 10.3 Å². The second kappa shape index (κ2) is 7.56. The van der Waals surface area contributed by atoms with E-state index in [9.17, 15) is 9.90 Å². The van der Waals surface area contributed by atoms with Crippen molar-refractivity contribution in [3.05, 3.63) is 59.4 Å². The van der Waals surface area contributed by atoms with E-state index in [4.69, 9.17) is 4.74 Å². The van der Waals surface area contributed by atoms with E-state index < -0.39 is 12.0 Å². The highest BCUT2D eigenvalue weighted by Gasteiger charge is 2.17. The average molecular weight is 300 g/mol. The van der Waals surface area contributed by atoms with E-state index in [2.05, 4.69) is 10.3 Å². The van der Waals surface area contributed by atoms with Crippen LogP contribution in [0.1, 0.15) is 22.9 Å². The minimum atomic E-state index is -1.20. The van der Waals surface area contributed by atoms with Crippen LogP contribution in [0.3, 0.4) is 0 Å². The summed E-state index contributed by atoms with van der Waals surface area (Å²) in [6, 6.07) is 10.8. The molecule has 0 bridgehead atoms. The third-order valence-electron chi connectivity index (χ3n) is 3.34. The minimum absolute atomic E-state index is 0.423. The number of pyridine rings is 1. The van der Waals surface area contributed by atoms with Gasteiger partial charge in [-0.3, -0.25) is 9.78 Å². The van der Waals surface area contributed by atoms with E-state index >= 15 is 0 Å². The summed E-state index contributed by atoms with van der Waals surface area (Å²) in [6.07, 6.45) is 1.26. The Labute approximate surface area is 130 Å². The molecule has 0 aliphatic rings. The monoisotopic (exact) mass is 300 g/mol. The van der Waals surface area contributed by atoms with E-state index in [1.165, 1.54) is 0 Å². The number of amides is 1. The van der Waals surface area contributed by atoms with Crippen molar-refractivity contribution in [3.63, 3.8) is 0 Å². The van der Waals surface area contributed by atoms with Crippen LogP contribution in [0.5, 0.6) is 5.75 Å². The fraction of sp³-hybridized carbons (Fsp3) is 0.294. The molecule has 5 nitrogen and oxygen atoms in total. The molecule has 1 heterocycles. The van der Waals surface area contributed by atoms with E-state index in [0.29, 0.717) is 24.3 Å². The van der Waals surface area contributed by atoms with Crippen LogP contribution in [0.4, 0.5) is 0 Å². The molecule has 1 amide bonds. The highest BCUT2D eigenvalue weighted by molar-refractivity contribution is 5.82. The fourth-order valence-electron chi connectivity index (χ4n) is 2.04. The lowest BCUT2D eigenvalue weighted by molar-refractivity contribution is -0.129. The first kappa shape index (κ1) is 16.0. The van der Waals surface area contributed by atoms with E-state index in [1.54, 1.807) is 37.6 Å². The summed E-state index contributed by atoms with van der Waals surface area (Å²) in [5, 5.41) is 12.8. The van der Waals surface area contributed by atoms with Gasteiger partial charge in [0.1, 0.15) is 5.75 Å². The standard InChI is InChI=1S/C17H20N2O3/c1-12-6-7-13(11-19-12)8-9-18-17(21)16(20)14-4-3-5-15(10-14)22-2/h3-7,10-11,16,20H,8-9H2,1-2H3,(H,18,21). The number of aliphatic hydroxyl groups excluding tert-OH is 1. The topological polar surface area (TPSA) is 71.5 Å². The Morgan fingerprint density at radius 1 is 1.36 bits per heavy atom. The lowest BCUT2D eigenvalue weighted by atomic mass is 10.1. The van der Waals surface area contributed by atoms with Gasteiger partial charge < -0.3 is 15.2 Å². The quantitative estimate of drug-likeness (QED) is 0.853. The van der Waals surface area contributed by atoms with Gasteiger partial charge in [-0.25, -0.2) is 0 Å². The Hall–Kier alpha value is -2.40. The normalized spacial score (nSPS) is 11.8. The van der Waals surface area contributed by atoms with Crippen LogP contribution < -0.4 is 10.1 Å². The molecule has 0 saturated heterocycles. The summed E-state index contributed by atoms with van der Waals surface area (Å²) in [5.74, 6) is 0.184. The smallest absolute Gasteiger partial charge is 0.253 e. The molecular weight excluding hydrogens is 280 g/mol. The Kier molecular flexibility index (Phi) is 5.49. The molecule has 0 fully saturated rings. The highest BCUT2D eigenvalue weighted by atomic mass is 16.5. The zero-order valence-electron chi connectivity index (χ0n) is 12.7. The van der Waals surface area contributed by atoms with Crippen molar-refractivity contribution in [2.24, 2.45) is 0 Å². The minimum Gasteiger partial charge on any atom is -0.497 e. The van der Waals surface area contributed by atoms with E-state index in [-0.39, 0.29) is 0 Å².